The van der Waals surface area contributed by atoms with Crippen molar-refractivity contribution >= 4 is 21.6 Å². The minimum atomic E-state index is -0.444. The molecule has 0 spiro atoms. The first kappa shape index (κ1) is 13.6. The van der Waals surface area contributed by atoms with E-state index in [9.17, 15) is 4.39 Å². The fourth-order valence-electron chi connectivity index (χ4n) is 1.69. The predicted molar refractivity (Wildman–Crippen MR) is 74.2 cm³/mol. The third-order valence-corrected chi connectivity index (χ3v) is 3.44. The van der Waals surface area contributed by atoms with Crippen LogP contribution in [0.5, 0.6) is 0 Å². The molecule has 4 nitrogen and oxygen atoms in total. The summed E-state index contributed by atoms with van der Waals surface area (Å²) in [6, 6.07) is 6.99. The topological polar surface area (TPSA) is 53.6 Å². The molecule has 0 aliphatic carbocycles. The van der Waals surface area contributed by atoms with Crippen molar-refractivity contribution in [2.45, 2.75) is 6.42 Å². The van der Waals surface area contributed by atoms with E-state index in [0.717, 1.165) is 5.69 Å². The van der Waals surface area contributed by atoms with Crippen molar-refractivity contribution in [3.05, 3.63) is 45.9 Å². The molecule has 1 heterocycles. The van der Waals surface area contributed by atoms with E-state index in [-0.39, 0.29) is 10.0 Å². The first-order valence-corrected chi connectivity index (χ1v) is 6.51. The number of halogens is 2. The summed E-state index contributed by atoms with van der Waals surface area (Å²) in [6.45, 7) is 0.576. The van der Waals surface area contributed by atoms with Crippen molar-refractivity contribution in [1.29, 1.82) is 5.26 Å². The maximum absolute atomic E-state index is 13.9. The van der Waals surface area contributed by atoms with Gasteiger partial charge in [0.2, 0.25) is 0 Å². The van der Waals surface area contributed by atoms with Crippen LogP contribution in [0, 0.1) is 17.1 Å². The summed E-state index contributed by atoms with van der Waals surface area (Å²) in [6.07, 6.45) is 2.58. The first-order valence-electron chi connectivity index (χ1n) is 5.72. The minimum Gasteiger partial charge on any atom is -0.382 e. The molecule has 2 aromatic rings. The lowest BCUT2D eigenvalue weighted by Gasteiger charge is -2.08. The van der Waals surface area contributed by atoms with Gasteiger partial charge in [0.1, 0.15) is 6.07 Å². The Morgan fingerprint density at radius 3 is 2.89 bits per heavy atom. The van der Waals surface area contributed by atoms with Crippen LogP contribution in [0.3, 0.4) is 0 Å². The van der Waals surface area contributed by atoms with Gasteiger partial charge in [0.05, 0.1) is 21.4 Å². The Bertz CT molecular complexity index is 630. The Morgan fingerprint density at radius 2 is 2.26 bits per heavy atom. The van der Waals surface area contributed by atoms with Crippen LogP contribution in [0.4, 0.5) is 10.1 Å². The smallest absolute Gasteiger partial charge is 0.161 e. The molecule has 1 N–H and O–H groups in total. The van der Waals surface area contributed by atoms with E-state index in [4.69, 9.17) is 5.26 Å². The van der Waals surface area contributed by atoms with E-state index < -0.39 is 5.82 Å². The zero-order valence-corrected chi connectivity index (χ0v) is 11.9. The van der Waals surface area contributed by atoms with E-state index >= 15 is 0 Å². The summed E-state index contributed by atoms with van der Waals surface area (Å²) < 4.78 is 15.8. The summed E-state index contributed by atoms with van der Waals surface area (Å²) in [5.41, 5.74) is 1.61. The van der Waals surface area contributed by atoms with Crippen LogP contribution >= 0.6 is 15.9 Å². The number of aryl methyl sites for hydroxylation is 1. The maximum atomic E-state index is 13.9. The molecule has 0 amide bonds. The molecule has 1 aromatic heterocycles. The van der Waals surface area contributed by atoms with E-state index in [1.54, 1.807) is 16.8 Å². The molecule has 0 saturated heterocycles. The van der Waals surface area contributed by atoms with Crippen molar-refractivity contribution in [3.8, 4) is 6.07 Å². The average Bonchev–Trinajstić information content (AvgIpc) is 2.81. The highest BCUT2D eigenvalue weighted by Gasteiger charge is 2.10. The Labute approximate surface area is 119 Å². The van der Waals surface area contributed by atoms with Crippen LogP contribution in [0.1, 0.15) is 11.3 Å². The summed E-state index contributed by atoms with van der Waals surface area (Å²) in [5, 5.41) is 16.0. The van der Waals surface area contributed by atoms with Crippen molar-refractivity contribution in [3.63, 3.8) is 0 Å². The summed E-state index contributed by atoms with van der Waals surface area (Å²) in [7, 11) is 1.86. The largest absolute Gasteiger partial charge is 0.382 e. The molecule has 0 aliphatic rings. The van der Waals surface area contributed by atoms with Gasteiger partial charge in [-0.25, -0.2) is 4.39 Å². The van der Waals surface area contributed by atoms with Gasteiger partial charge >= 0.3 is 0 Å². The van der Waals surface area contributed by atoms with Gasteiger partial charge in [0.15, 0.2) is 5.82 Å². The lowest BCUT2D eigenvalue weighted by Crippen LogP contribution is -2.07. The normalized spacial score (nSPS) is 10.2. The Kier molecular flexibility index (Phi) is 4.17. The number of nitrogens with zero attached hydrogens (tertiary/aromatic N) is 3. The summed E-state index contributed by atoms with van der Waals surface area (Å²) in [4.78, 5) is 0. The monoisotopic (exact) mass is 322 g/mol. The van der Waals surface area contributed by atoms with Crippen LogP contribution in [0.15, 0.2) is 28.9 Å². The molecular weight excluding hydrogens is 311 g/mol. The number of nitriles is 1. The van der Waals surface area contributed by atoms with E-state index in [1.165, 1.54) is 0 Å². The van der Waals surface area contributed by atoms with Crippen LogP contribution < -0.4 is 5.32 Å². The summed E-state index contributed by atoms with van der Waals surface area (Å²) in [5.74, 6) is -0.444. The number of aromatic nitrogens is 2. The molecular formula is C13H12BrFN4. The molecule has 1 aromatic carbocycles. The van der Waals surface area contributed by atoms with Crippen molar-refractivity contribution in [2.75, 3.05) is 11.9 Å². The molecule has 19 heavy (non-hydrogen) atoms. The van der Waals surface area contributed by atoms with Gasteiger partial charge < -0.3 is 5.32 Å². The number of hydrogen-bond donors (Lipinski definition) is 1. The molecule has 0 saturated carbocycles. The van der Waals surface area contributed by atoms with Gasteiger partial charge in [-0.3, -0.25) is 4.68 Å². The second-order valence-electron chi connectivity index (χ2n) is 4.06. The number of rotatable bonds is 4. The molecule has 2 rings (SSSR count). The fraction of sp³-hybridized carbons (Fsp3) is 0.231. The van der Waals surface area contributed by atoms with Crippen LogP contribution in [-0.4, -0.2) is 16.3 Å². The standard InChI is InChI=1S/C13H12BrFN4/c1-19-7-5-10(18-19)4-6-17-11-3-2-9(8-16)12(14)13(11)15/h2-3,5,7,17H,4,6H2,1H3. The van der Waals surface area contributed by atoms with Crippen LogP contribution in [0.25, 0.3) is 0 Å². The third-order valence-electron chi connectivity index (χ3n) is 2.67. The zero-order chi connectivity index (χ0) is 13.8. The highest BCUT2D eigenvalue weighted by molar-refractivity contribution is 9.10. The Balaban J connectivity index is 2.00. The van der Waals surface area contributed by atoms with E-state index in [1.807, 2.05) is 25.4 Å². The average molecular weight is 323 g/mol. The van der Waals surface area contributed by atoms with Gasteiger partial charge in [-0.2, -0.15) is 10.4 Å². The maximum Gasteiger partial charge on any atom is 0.161 e. The summed E-state index contributed by atoms with van der Waals surface area (Å²) >= 11 is 3.08. The SMILES string of the molecule is Cn1ccc(CCNc2ccc(C#N)c(Br)c2F)n1. The van der Waals surface area contributed by atoms with Gasteiger partial charge in [-0.1, -0.05) is 0 Å². The molecule has 0 aliphatic heterocycles. The molecule has 0 fully saturated rings. The second kappa shape index (κ2) is 5.85. The third kappa shape index (κ3) is 3.12. The first-order chi connectivity index (χ1) is 9.11. The van der Waals surface area contributed by atoms with Gasteiger partial charge in [0.25, 0.3) is 0 Å². The number of hydrogen-bond acceptors (Lipinski definition) is 3. The molecule has 0 bridgehead atoms. The minimum absolute atomic E-state index is 0.192. The zero-order valence-electron chi connectivity index (χ0n) is 10.3. The number of benzene rings is 1. The van der Waals surface area contributed by atoms with Crippen molar-refractivity contribution < 1.29 is 4.39 Å². The van der Waals surface area contributed by atoms with Gasteiger partial charge in [-0.15, -0.1) is 0 Å². The lowest BCUT2D eigenvalue weighted by atomic mass is 10.2. The quantitative estimate of drug-likeness (QED) is 0.941. The van der Waals surface area contributed by atoms with Crippen LogP contribution in [-0.2, 0) is 13.5 Å². The van der Waals surface area contributed by atoms with Gasteiger partial charge in [-0.05, 0) is 34.1 Å². The van der Waals surface area contributed by atoms with Crippen molar-refractivity contribution in [2.24, 2.45) is 7.05 Å². The predicted octanol–water partition coefficient (Wildman–Crippen LogP) is 2.85. The number of anilines is 1. The number of nitrogens with one attached hydrogen (secondary N) is 1. The Hall–Kier alpha value is -1.87. The van der Waals surface area contributed by atoms with E-state index in [0.29, 0.717) is 18.7 Å². The van der Waals surface area contributed by atoms with E-state index in [2.05, 4.69) is 26.3 Å². The molecule has 6 heteroatoms. The van der Waals surface area contributed by atoms with Gasteiger partial charge in [0, 0.05) is 26.2 Å². The molecule has 0 radical (unpaired) electrons. The highest BCUT2D eigenvalue weighted by atomic mass is 79.9. The second-order valence-corrected chi connectivity index (χ2v) is 4.85. The molecule has 0 unspecified atom stereocenters. The lowest BCUT2D eigenvalue weighted by molar-refractivity contribution is 0.622. The molecule has 98 valence electrons. The highest BCUT2D eigenvalue weighted by Crippen LogP contribution is 2.26. The van der Waals surface area contributed by atoms with Crippen LogP contribution in [0.2, 0.25) is 0 Å². The fourth-order valence-corrected chi connectivity index (χ4v) is 2.13. The molecule has 0 atom stereocenters. The Morgan fingerprint density at radius 1 is 1.47 bits per heavy atom. The van der Waals surface area contributed by atoms with Crippen molar-refractivity contribution in [1.82, 2.24) is 9.78 Å².